The van der Waals surface area contributed by atoms with Crippen LogP contribution in [-0.2, 0) is 22.5 Å². The minimum atomic E-state index is -0.275. The topological polar surface area (TPSA) is 94.8 Å². The molecule has 2 aliphatic heterocycles. The lowest BCUT2D eigenvalue weighted by Gasteiger charge is -2.42. The average Bonchev–Trinajstić information content (AvgIpc) is 3.84. The maximum atomic E-state index is 15.0. The van der Waals surface area contributed by atoms with Crippen molar-refractivity contribution in [3.63, 3.8) is 0 Å². The van der Waals surface area contributed by atoms with Gasteiger partial charge in [0.25, 0.3) is 0 Å². The van der Waals surface area contributed by atoms with Gasteiger partial charge in [-0.3, -0.25) is 4.79 Å². The number of piperazine rings is 1. The van der Waals surface area contributed by atoms with Gasteiger partial charge in [0.2, 0.25) is 5.91 Å². The molecule has 1 atom stereocenters. The molecular formula is C32H35FN6O3. The van der Waals surface area contributed by atoms with Crippen LogP contribution < -0.4 is 14.5 Å². The quantitative estimate of drug-likeness (QED) is 0.262. The highest BCUT2D eigenvalue weighted by Gasteiger charge is 2.33. The largest absolute Gasteiger partial charge is 0.463 e. The fraction of sp³-hybridized carbons (Fsp3) is 0.438. The lowest BCUT2D eigenvalue weighted by atomic mass is 10.0. The predicted molar refractivity (Wildman–Crippen MR) is 158 cm³/mol. The Kier molecular flexibility index (Phi) is 8.20. The van der Waals surface area contributed by atoms with Crippen molar-refractivity contribution in [2.45, 2.75) is 50.8 Å². The van der Waals surface area contributed by atoms with Crippen LogP contribution in [-0.4, -0.2) is 72.3 Å². The van der Waals surface area contributed by atoms with Crippen molar-refractivity contribution in [3.05, 3.63) is 66.1 Å². The first kappa shape index (κ1) is 27.9. The van der Waals surface area contributed by atoms with Gasteiger partial charge in [-0.05, 0) is 42.9 Å². The van der Waals surface area contributed by atoms with Crippen molar-refractivity contribution in [2.24, 2.45) is 0 Å². The predicted octanol–water partition coefficient (Wildman–Crippen LogP) is 4.40. The Bertz CT molecular complexity index is 1510. The average molecular weight is 571 g/mol. The van der Waals surface area contributed by atoms with Crippen LogP contribution in [0, 0.1) is 17.1 Å². The molecule has 0 spiro atoms. The van der Waals surface area contributed by atoms with E-state index in [4.69, 9.17) is 19.4 Å². The first-order valence-corrected chi connectivity index (χ1v) is 14.7. The summed E-state index contributed by atoms with van der Waals surface area (Å²) < 4.78 is 26.8. The van der Waals surface area contributed by atoms with Crippen molar-refractivity contribution in [3.8, 4) is 12.1 Å². The summed E-state index contributed by atoms with van der Waals surface area (Å²) in [6, 6.07) is 13.2. The summed E-state index contributed by atoms with van der Waals surface area (Å²) in [6.45, 7) is 7.36. The van der Waals surface area contributed by atoms with Gasteiger partial charge < -0.3 is 24.2 Å². The summed E-state index contributed by atoms with van der Waals surface area (Å²) in [5.41, 5.74) is 2.70. The molecule has 10 heteroatoms. The highest BCUT2D eigenvalue weighted by molar-refractivity contribution is 5.95. The molecule has 9 nitrogen and oxygen atoms in total. The van der Waals surface area contributed by atoms with Crippen molar-refractivity contribution in [2.75, 3.05) is 49.2 Å². The van der Waals surface area contributed by atoms with Crippen LogP contribution in [0.4, 0.5) is 15.9 Å². The van der Waals surface area contributed by atoms with Crippen molar-refractivity contribution in [1.29, 1.82) is 5.26 Å². The lowest BCUT2D eigenvalue weighted by molar-refractivity contribution is -0.128. The molecule has 42 heavy (non-hydrogen) atoms. The molecule has 2 fully saturated rings. The number of benzene rings is 2. The molecule has 3 aliphatic rings. The van der Waals surface area contributed by atoms with Gasteiger partial charge in [0.05, 0.1) is 50.1 Å². The zero-order chi connectivity index (χ0) is 29.1. The highest BCUT2D eigenvalue weighted by atomic mass is 19.1. The van der Waals surface area contributed by atoms with E-state index in [1.165, 1.54) is 12.1 Å². The fourth-order valence-corrected chi connectivity index (χ4v) is 5.90. The number of halogens is 1. The molecule has 1 saturated heterocycles. The van der Waals surface area contributed by atoms with E-state index in [2.05, 4.69) is 22.4 Å². The maximum Gasteiger partial charge on any atom is 0.318 e. The Morgan fingerprint density at radius 3 is 2.74 bits per heavy atom. The normalized spacial score (nSPS) is 18.5. The van der Waals surface area contributed by atoms with Gasteiger partial charge in [-0.25, -0.2) is 4.39 Å². The molecule has 218 valence electrons. The van der Waals surface area contributed by atoms with Crippen LogP contribution in [0.1, 0.15) is 36.9 Å². The van der Waals surface area contributed by atoms with E-state index in [0.717, 1.165) is 47.4 Å². The summed E-state index contributed by atoms with van der Waals surface area (Å²) in [7, 11) is 0. The molecule has 0 unspecified atom stereocenters. The van der Waals surface area contributed by atoms with Crippen molar-refractivity contribution >= 4 is 28.2 Å². The van der Waals surface area contributed by atoms with Gasteiger partial charge in [-0.2, -0.15) is 15.2 Å². The smallest absolute Gasteiger partial charge is 0.318 e. The number of nitriles is 1. The van der Waals surface area contributed by atoms with E-state index in [-0.39, 0.29) is 24.2 Å². The van der Waals surface area contributed by atoms with Gasteiger partial charge in [0.1, 0.15) is 11.6 Å². The molecule has 3 aromatic rings. The van der Waals surface area contributed by atoms with Gasteiger partial charge in [0.15, 0.2) is 0 Å². The summed E-state index contributed by atoms with van der Waals surface area (Å²) in [5.74, 6) is 0.363. The monoisotopic (exact) mass is 570 g/mol. The molecule has 2 aromatic carbocycles. The molecule has 0 bridgehead atoms. The van der Waals surface area contributed by atoms with Crippen LogP contribution in [0.15, 0.2) is 49.1 Å². The Balaban J connectivity index is 1.29. The Morgan fingerprint density at radius 1 is 1.12 bits per heavy atom. The molecular weight excluding hydrogens is 535 g/mol. The van der Waals surface area contributed by atoms with E-state index < -0.39 is 0 Å². The first-order chi connectivity index (χ1) is 20.6. The molecule has 3 heterocycles. The highest BCUT2D eigenvalue weighted by Crippen LogP contribution is 2.35. The molecule has 1 amide bonds. The minimum absolute atomic E-state index is 0.171. The number of anilines is 2. The minimum Gasteiger partial charge on any atom is -0.463 e. The Hall–Kier alpha value is -4.23. The second-order valence-electron chi connectivity index (χ2n) is 11.0. The van der Waals surface area contributed by atoms with Gasteiger partial charge in [-0.1, -0.05) is 30.8 Å². The van der Waals surface area contributed by atoms with E-state index in [1.807, 2.05) is 24.3 Å². The summed E-state index contributed by atoms with van der Waals surface area (Å²) >= 11 is 0. The summed E-state index contributed by atoms with van der Waals surface area (Å²) in [4.78, 5) is 28.2. The fourth-order valence-electron chi connectivity index (χ4n) is 5.90. The van der Waals surface area contributed by atoms with Crippen LogP contribution in [0.25, 0.3) is 10.8 Å². The third-order valence-corrected chi connectivity index (χ3v) is 8.16. The number of fused-ring (bicyclic) bond motifs is 2. The van der Waals surface area contributed by atoms with Crippen LogP contribution in [0.3, 0.4) is 0 Å². The van der Waals surface area contributed by atoms with Crippen molar-refractivity contribution < 1.29 is 18.7 Å². The van der Waals surface area contributed by atoms with Crippen LogP contribution in [0.5, 0.6) is 6.01 Å². The zero-order valence-corrected chi connectivity index (χ0v) is 23.7. The second-order valence-corrected chi connectivity index (χ2v) is 11.0. The van der Waals surface area contributed by atoms with E-state index in [1.54, 1.807) is 11.0 Å². The third-order valence-electron chi connectivity index (χ3n) is 8.16. The van der Waals surface area contributed by atoms with Gasteiger partial charge in [-0.15, -0.1) is 0 Å². The SMILES string of the molecule is C=CC(=O)N1CCN(c2nc(OCCCOC3CC3)nc3c2CCN(c2cccc4cccc(F)c24)C3)C[C@@H]1CC#N. The third kappa shape index (κ3) is 5.88. The maximum absolute atomic E-state index is 15.0. The van der Waals surface area contributed by atoms with E-state index in [0.29, 0.717) is 69.9 Å². The Labute approximate surface area is 245 Å². The summed E-state index contributed by atoms with van der Waals surface area (Å²) in [6.07, 6.45) is 5.58. The van der Waals surface area contributed by atoms with E-state index in [9.17, 15) is 14.4 Å². The molecule has 1 aromatic heterocycles. The second kappa shape index (κ2) is 12.3. The molecule has 0 radical (unpaired) electrons. The molecule has 1 saturated carbocycles. The summed E-state index contributed by atoms with van der Waals surface area (Å²) in [5, 5.41) is 10.9. The number of rotatable bonds is 10. The first-order valence-electron chi connectivity index (χ1n) is 14.7. The van der Waals surface area contributed by atoms with Gasteiger partial charge >= 0.3 is 6.01 Å². The Morgan fingerprint density at radius 2 is 1.95 bits per heavy atom. The van der Waals surface area contributed by atoms with Crippen molar-refractivity contribution in [1.82, 2.24) is 14.9 Å². The van der Waals surface area contributed by atoms with E-state index >= 15 is 0 Å². The van der Waals surface area contributed by atoms with Crippen LogP contribution in [0.2, 0.25) is 0 Å². The number of hydrogen-bond donors (Lipinski definition) is 0. The van der Waals surface area contributed by atoms with Gasteiger partial charge in [0, 0.05) is 49.2 Å². The number of ether oxygens (including phenoxy) is 2. The lowest BCUT2D eigenvalue weighted by Crippen LogP contribution is -2.55. The number of nitrogens with zero attached hydrogens (tertiary/aromatic N) is 6. The zero-order valence-electron chi connectivity index (χ0n) is 23.7. The molecule has 1 aliphatic carbocycles. The number of aromatic nitrogens is 2. The molecule has 0 N–H and O–H groups in total. The number of amides is 1. The molecule has 6 rings (SSSR count). The van der Waals surface area contributed by atoms with Crippen LogP contribution >= 0.6 is 0 Å². The standard InChI is InChI=1S/C32H35FN6O3/c1-2-29(40)39-17-16-38(20-23(39)12-14-34)31-25-13-15-37(28-9-4-7-22-6-3-8-26(33)30(22)28)21-27(25)35-32(36-31)42-19-5-18-41-24-10-11-24/h2-4,6-9,23-24H,1,5,10-13,15-21H2/t23-/m0/s1. The number of carbonyl (C=O) groups is 1. The number of carbonyl (C=O) groups excluding carboxylic acids is 1. The number of hydrogen-bond acceptors (Lipinski definition) is 8.